The van der Waals surface area contributed by atoms with Gasteiger partial charge in [-0.15, -0.1) is 11.8 Å². The summed E-state index contributed by atoms with van der Waals surface area (Å²) in [5.74, 6) is 1.11. The van der Waals surface area contributed by atoms with Crippen LogP contribution in [0.4, 0.5) is 0 Å². The van der Waals surface area contributed by atoms with Crippen LogP contribution in [0.2, 0.25) is 0 Å². The number of benzene rings is 1. The zero-order chi connectivity index (χ0) is 7.97. The van der Waals surface area contributed by atoms with Crippen molar-refractivity contribution in [2.45, 2.75) is 23.5 Å². The van der Waals surface area contributed by atoms with Crippen molar-refractivity contribution in [2.75, 3.05) is 0 Å². The monoisotopic (exact) mass is 178 g/mol. The quantitative estimate of drug-likeness (QED) is 0.604. The van der Waals surface area contributed by atoms with Gasteiger partial charge in [0.05, 0.1) is 0 Å². The van der Waals surface area contributed by atoms with Crippen LogP contribution in [-0.2, 0) is 0 Å². The molecule has 2 unspecified atom stereocenters. The topological polar surface area (TPSA) is 9.23 Å². The summed E-state index contributed by atoms with van der Waals surface area (Å²) in [6, 6.07) is 8.42. The molecule has 62 valence electrons. The summed E-state index contributed by atoms with van der Waals surface area (Å²) in [6.07, 6.45) is 2.50. The highest BCUT2D eigenvalue weighted by Crippen LogP contribution is 2.52. The van der Waals surface area contributed by atoms with E-state index in [-0.39, 0.29) is 0 Å². The zero-order valence-electron chi connectivity index (χ0n) is 6.69. The van der Waals surface area contributed by atoms with E-state index in [0.717, 1.165) is 5.75 Å². The number of hydrogen-bond acceptors (Lipinski definition) is 2. The molecule has 0 aliphatic carbocycles. The molecule has 0 aromatic heterocycles. The maximum absolute atomic E-state index is 5.79. The average molecular weight is 178 g/mol. The van der Waals surface area contributed by atoms with Gasteiger partial charge >= 0.3 is 0 Å². The summed E-state index contributed by atoms with van der Waals surface area (Å²) in [5, 5.41) is 0.708. The predicted octanol–water partition coefficient (Wildman–Crippen LogP) is 2.97. The summed E-state index contributed by atoms with van der Waals surface area (Å²) >= 11 is 1.97. The lowest BCUT2D eigenvalue weighted by Crippen LogP contribution is -2.11. The molecule has 2 aliphatic rings. The first-order chi connectivity index (χ1) is 5.93. The molecule has 0 N–H and O–H groups in total. The van der Waals surface area contributed by atoms with Crippen LogP contribution >= 0.6 is 11.8 Å². The fraction of sp³-hybridized carbons (Fsp3) is 0.400. The first-order valence-electron chi connectivity index (χ1n) is 4.34. The van der Waals surface area contributed by atoms with Crippen molar-refractivity contribution in [1.82, 2.24) is 0 Å². The second-order valence-corrected chi connectivity index (χ2v) is 4.65. The minimum atomic E-state index is 0.435. The summed E-state index contributed by atoms with van der Waals surface area (Å²) in [6.45, 7) is 0. The number of thioether (sulfide) groups is 1. The van der Waals surface area contributed by atoms with E-state index in [1.54, 1.807) is 0 Å². The molecule has 3 rings (SSSR count). The SMILES string of the molecule is c1ccc2c(c1)OC1CCC2S1. The Balaban J connectivity index is 2.13. The molecule has 0 radical (unpaired) electrons. The molecular weight excluding hydrogens is 168 g/mol. The highest BCUT2D eigenvalue weighted by Gasteiger charge is 2.34. The smallest absolute Gasteiger partial charge is 0.145 e. The fourth-order valence-corrected chi connectivity index (χ4v) is 3.33. The van der Waals surface area contributed by atoms with E-state index < -0.39 is 0 Å². The van der Waals surface area contributed by atoms with Crippen LogP contribution < -0.4 is 4.74 Å². The average Bonchev–Trinajstić information content (AvgIpc) is 2.49. The van der Waals surface area contributed by atoms with Crippen LogP contribution in [0.25, 0.3) is 0 Å². The number of fused-ring (bicyclic) bond motifs is 4. The Morgan fingerprint density at radius 1 is 1.25 bits per heavy atom. The lowest BCUT2D eigenvalue weighted by atomic mass is 10.1. The van der Waals surface area contributed by atoms with Gasteiger partial charge in [-0.1, -0.05) is 18.2 Å². The molecule has 1 saturated heterocycles. The molecule has 2 atom stereocenters. The van der Waals surface area contributed by atoms with Crippen molar-refractivity contribution in [1.29, 1.82) is 0 Å². The lowest BCUT2D eigenvalue weighted by Gasteiger charge is -2.23. The third-order valence-corrected chi connectivity index (χ3v) is 3.96. The van der Waals surface area contributed by atoms with E-state index in [2.05, 4.69) is 18.2 Å². The highest BCUT2D eigenvalue weighted by molar-refractivity contribution is 8.00. The Kier molecular flexibility index (Phi) is 1.38. The summed E-state index contributed by atoms with van der Waals surface area (Å²) in [4.78, 5) is 0. The van der Waals surface area contributed by atoms with E-state index in [1.165, 1.54) is 18.4 Å². The highest BCUT2D eigenvalue weighted by atomic mass is 32.2. The van der Waals surface area contributed by atoms with Gasteiger partial charge in [0.1, 0.15) is 11.2 Å². The first-order valence-corrected chi connectivity index (χ1v) is 5.29. The van der Waals surface area contributed by atoms with Gasteiger partial charge in [-0.2, -0.15) is 0 Å². The lowest BCUT2D eigenvalue weighted by molar-refractivity contribution is 0.286. The van der Waals surface area contributed by atoms with Crippen molar-refractivity contribution in [3.8, 4) is 5.75 Å². The molecule has 0 spiro atoms. The minimum absolute atomic E-state index is 0.435. The van der Waals surface area contributed by atoms with Gasteiger partial charge in [-0.25, -0.2) is 0 Å². The van der Waals surface area contributed by atoms with Crippen LogP contribution in [0, 0.1) is 0 Å². The number of hydrogen-bond donors (Lipinski definition) is 0. The molecule has 0 amide bonds. The molecule has 2 heteroatoms. The van der Waals surface area contributed by atoms with Gasteiger partial charge in [-0.05, 0) is 18.9 Å². The fourth-order valence-electron chi connectivity index (χ4n) is 1.92. The molecule has 2 aliphatic heterocycles. The predicted molar refractivity (Wildman–Crippen MR) is 50.4 cm³/mol. The molecular formula is C10H10OS. The maximum atomic E-state index is 5.79. The molecule has 2 bridgehead atoms. The van der Waals surface area contributed by atoms with Crippen LogP contribution in [0.3, 0.4) is 0 Å². The van der Waals surface area contributed by atoms with Gasteiger partial charge in [0, 0.05) is 10.8 Å². The van der Waals surface area contributed by atoms with E-state index in [1.807, 2.05) is 17.8 Å². The summed E-state index contributed by atoms with van der Waals surface area (Å²) < 4.78 is 5.79. The Morgan fingerprint density at radius 3 is 3.17 bits per heavy atom. The Labute approximate surface area is 76.1 Å². The summed E-state index contributed by atoms with van der Waals surface area (Å²) in [7, 11) is 0. The molecule has 1 aromatic rings. The van der Waals surface area contributed by atoms with Crippen molar-refractivity contribution in [2.24, 2.45) is 0 Å². The van der Waals surface area contributed by atoms with Gasteiger partial charge in [-0.3, -0.25) is 0 Å². The third-order valence-electron chi connectivity index (χ3n) is 2.50. The third kappa shape index (κ3) is 0.876. The maximum Gasteiger partial charge on any atom is 0.145 e. The van der Waals surface area contributed by atoms with Gasteiger partial charge in [0.2, 0.25) is 0 Å². The second kappa shape index (κ2) is 2.43. The van der Waals surface area contributed by atoms with Crippen LogP contribution in [0.1, 0.15) is 23.7 Å². The Hall–Kier alpha value is -0.630. The Bertz CT molecular complexity index is 310. The second-order valence-electron chi connectivity index (χ2n) is 3.29. The molecule has 0 saturated carbocycles. The van der Waals surface area contributed by atoms with E-state index >= 15 is 0 Å². The van der Waals surface area contributed by atoms with Crippen molar-refractivity contribution in [3.63, 3.8) is 0 Å². The minimum Gasteiger partial charge on any atom is -0.479 e. The van der Waals surface area contributed by atoms with E-state index in [4.69, 9.17) is 4.74 Å². The van der Waals surface area contributed by atoms with Gasteiger partial charge in [0.15, 0.2) is 0 Å². The normalized spacial score (nSPS) is 31.0. The number of para-hydroxylation sites is 1. The zero-order valence-corrected chi connectivity index (χ0v) is 7.51. The number of ether oxygens (including phenoxy) is 1. The molecule has 1 fully saturated rings. The molecule has 2 heterocycles. The van der Waals surface area contributed by atoms with Crippen LogP contribution in [0.15, 0.2) is 24.3 Å². The summed E-state index contributed by atoms with van der Waals surface area (Å²) in [5.41, 5.74) is 1.83. The molecule has 1 nitrogen and oxygen atoms in total. The standard InChI is InChI=1S/C10H10OS/c1-2-4-8-7(3-1)9-5-6-10(11-8)12-9/h1-4,9-10H,5-6H2. The van der Waals surface area contributed by atoms with E-state index in [9.17, 15) is 0 Å². The molecule has 12 heavy (non-hydrogen) atoms. The Morgan fingerprint density at radius 2 is 2.17 bits per heavy atom. The first kappa shape index (κ1) is 6.84. The molecule has 1 aromatic carbocycles. The number of rotatable bonds is 0. The van der Waals surface area contributed by atoms with Crippen molar-refractivity contribution in [3.05, 3.63) is 29.8 Å². The van der Waals surface area contributed by atoms with E-state index in [0.29, 0.717) is 10.7 Å². The van der Waals surface area contributed by atoms with Crippen molar-refractivity contribution < 1.29 is 4.74 Å². The largest absolute Gasteiger partial charge is 0.479 e. The van der Waals surface area contributed by atoms with Gasteiger partial charge < -0.3 is 4.74 Å². The van der Waals surface area contributed by atoms with Crippen LogP contribution in [0.5, 0.6) is 5.75 Å². The van der Waals surface area contributed by atoms with Crippen LogP contribution in [-0.4, -0.2) is 5.44 Å². The van der Waals surface area contributed by atoms with Gasteiger partial charge in [0.25, 0.3) is 0 Å². The van der Waals surface area contributed by atoms with Crippen molar-refractivity contribution >= 4 is 11.8 Å².